The second-order valence-corrected chi connectivity index (χ2v) is 7.82. The van der Waals surface area contributed by atoms with Crippen molar-refractivity contribution in [2.45, 2.75) is 13.5 Å². The minimum atomic E-state index is -0.642. The van der Waals surface area contributed by atoms with E-state index in [4.69, 9.17) is 5.73 Å². The first-order valence-corrected chi connectivity index (χ1v) is 10.4. The van der Waals surface area contributed by atoms with Crippen LogP contribution in [0.2, 0.25) is 0 Å². The maximum absolute atomic E-state index is 12.9. The Labute approximate surface area is 167 Å². The summed E-state index contributed by atoms with van der Waals surface area (Å²) in [7, 11) is 0. The molecule has 0 unspecified atom stereocenters. The van der Waals surface area contributed by atoms with Crippen LogP contribution in [0.1, 0.15) is 12.5 Å². The SMILES string of the molecule is CCN(C(=O)CN1CCSCC1)c1c(N)n(Cc2ccccc2)c(=O)[nH]c1=O. The summed E-state index contributed by atoms with van der Waals surface area (Å²) in [5.74, 6) is 1.78. The number of rotatable bonds is 6. The molecule has 1 aromatic heterocycles. The summed E-state index contributed by atoms with van der Waals surface area (Å²) in [4.78, 5) is 43.5. The fourth-order valence-electron chi connectivity index (χ4n) is 3.26. The van der Waals surface area contributed by atoms with Crippen LogP contribution < -0.4 is 21.9 Å². The van der Waals surface area contributed by atoms with Crippen LogP contribution >= 0.6 is 11.8 Å². The van der Waals surface area contributed by atoms with Gasteiger partial charge in [0.2, 0.25) is 5.91 Å². The zero-order chi connectivity index (χ0) is 20.1. The van der Waals surface area contributed by atoms with Crippen molar-refractivity contribution in [3.8, 4) is 0 Å². The van der Waals surface area contributed by atoms with Gasteiger partial charge in [-0.1, -0.05) is 30.3 Å². The first-order valence-electron chi connectivity index (χ1n) is 9.28. The minimum absolute atomic E-state index is 0.00185. The number of hydrogen-bond donors (Lipinski definition) is 2. The summed E-state index contributed by atoms with van der Waals surface area (Å²) in [5.41, 5.74) is 5.89. The number of nitrogens with zero attached hydrogens (tertiary/aromatic N) is 3. The van der Waals surface area contributed by atoms with Crippen LogP contribution in [0.4, 0.5) is 11.5 Å². The fraction of sp³-hybridized carbons (Fsp3) is 0.421. The average Bonchev–Trinajstić information content (AvgIpc) is 2.69. The minimum Gasteiger partial charge on any atom is -0.383 e. The van der Waals surface area contributed by atoms with Gasteiger partial charge >= 0.3 is 5.69 Å². The number of nitrogens with one attached hydrogen (secondary N) is 1. The Morgan fingerprint density at radius 1 is 1.21 bits per heavy atom. The number of nitrogen functional groups attached to an aromatic ring is 1. The van der Waals surface area contributed by atoms with E-state index in [1.807, 2.05) is 42.1 Å². The van der Waals surface area contributed by atoms with Crippen LogP contribution in [0.3, 0.4) is 0 Å². The molecule has 0 atom stereocenters. The monoisotopic (exact) mass is 403 g/mol. The van der Waals surface area contributed by atoms with Gasteiger partial charge in [0.05, 0.1) is 13.1 Å². The molecule has 0 saturated carbocycles. The number of thioether (sulfide) groups is 1. The van der Waals surface area contributed by atoms with Gasteiger partial charge in [0.15, 0.2) is 5.69 Å². The quantitative estimate of drug-likeness (QED) is 0.731. The molecule has 3 rings (SSSR count). The van der Waals surface area contributed by atoms with Crippen molar-refractivity contribution in [1.82, 2.24) is 14.5 Å². The number of aromatic nitrogens is 2. The highest BCUT2D eigenvalue weighted by Gasteiger charge is 2.25. The molecule has 1 saturated heterocycles. The number of carbonyl (C=O) groups is 1. The molecule has 150 valence electrons. The molecule has 0 spiro atoms. The molecule has 0 aliphatic carbocycles. The third-order valence-electron chi connectivity index (χ3n) is 4.75. The van der Waals surface area contributed by atoms with Crippen molar-refractivity contribution in [3.05, 3.63) is 56.7 Å². The lowest BCUT2D eigenvalue weighted by atomic mass is 10.2. The largest absolute Gasteiger partial charge is 0.383 e. The normalized spacial score (nSPS) is 14.8. The molecule has 0 radical (unpaired) electrons. The van der Waals surface area contributed by atoms with Crippen LogP contribution in [0.15, 0.2) is 39.9 Å². The zero-order valence-electron chi connectivity index (χ0n) is 15.9. The van der Waals surface area contributed by atoms with Gasteiger partial charge in [-0.15, -0.1) is 0 Å². The van der Waals surface area contributed by atoms with Crippen molar-refractivity contribution >= 4 is 29.2 Å². The highest BCUT2D eigenvalue weighted by atomic mass is 32.2. The lowest BCUT2D eigenvalue weighted by Gasteiger charge is -2.29. The summed E-state index contributed by atoms with van der Waals surface area (Å²) < 4.78 is 1.29. The van der Waals surface area contributed by atoms with E-state index in [9.17, 15) is 14.4 Å². The van der Waals surface area contributed by atoms with Crippen molar-refractivity contribution in [1.29, 1.82) is 0 Å². The van der Waals surface area contributed by atoms with Gasteiger partial charge in [0, 0.05) is 31.1 Å². The topological polar surface area (TPSA) is 104 Å². The van der Waals surface area contributed by atoms with E-state index in [1.165, 1.54) is 9.47 Å². The molecule has 3 N–H and O–H groups in total. The van der Waals surface area contributed by atoms with Crippen molar-refractivity contribution in [2.75, 3.05) is 48.3 Å². The number of amides is 1. The fourth-order valence-corrected chi connectivity index (χ4v) is 4.23. The molecule has 28 heavy (non-hydrogen) atoms. The summed E-state index contributed by atoms with van der Waals surface area (Å²) >= 11 is 1.87. The predicted octanol–water partition coefficient (Wildman–Crippen LogP) is 0.569. The van der Waals surface area contributed by atoms with Crippen LogP contribution in [-0.4, -0.2) is 58.0 Å². The van der Waals surface area contributed by atoms with Crippen molar-refractivity contribution in [2.24, 2.45) is 0 Å². The first-order chi connectivity index (χ1) is 13.5. The van der Waals surface area contributed by atoms with Gasteiger partial charge in [-0.3, -0.25) is 24.0 Å². The van der Waals surface area contributed by atoms with Gasteiger partial charge in [-0.05, 0) is 12.5 Å². The maximum atomic E-state index is 12.9. The van der Waals surface area contributed by atoms with Gasteiger partial charge < -0.3 is 10.6 Å². The number of aromatic amines is 1. The number of likely N-dealkylation sites (N-methyl/N-ethyl adjacent to an activating group) is 1. The smallest absolute Gasteiger partial charge is 0.330 e. The Kier molecular flexibility index (Phi) is 6.58. The Hall–Kier alpha value is -2.52. The van der Waals surface area contributed by atoms with Crippen molar-refractivity contribution in [3.63, 3.8) is 0 Å². The highest BCUT2D eigenvalue weighted by Crippen LogP contribution is 2.18. The Morgan fingerprint density at radius 3 is 2.54 bits per heavy atom. The van der Waals surface area contributed by atoms with E-state index in [1.54, 1.807) is 6.92 Å². The van der Waals surface area contributed by atoms with Gasteiger partial charge in [-0.25, -0.2) is 4.79 Å². The Morgan fingerprint density at radius 2 is 1.89 bits per heavy atom. The van der Waals surface area contributed by atoms with E-state index >= 15 is 0 Å². The van der Waals surface area contributed by atoms with E-state index in [2.05, 4.69) is 9.88 Å². The molecule has 1 aromatic carbocycles. The number of hydrogen-bond acceptors (Lipinski definition) is 6. The van der Waals surface area contributed by atoms with Crippen LogP contribution in [0.5, 0.6) is 0 Å². The molecule has 0 bridgehead atoms. The molecule has 1 amide bonds. The average molecular weight is 404 g/mol. The zero-order valence-corrected chi connectivity index (χ0v) is 16.7. The summed E-state index contributed by atoms with van der Waals surface area (Å²) in [6, 6.07) is 9.34. The molecule has 1 aliphatic rings. The standard InChI is InChI=1S/C19H25N5O3S/c1-2-23(15(25)13-22-8-10-28-11-9-22)16-17(20)24(19(27)21-18(16)26)12-14-6-4-3-5-7-14/h3-7H,2,8-13,20H2,1H3,(H,21,26,27). The van der Waals surface area contributed by atoms with Crippen molar-refractivity contribution < 1.29 is 4.79 Å². The maximum Gasteiger partial charge on any atom is 0.330 e. The molecule has 1 fully saturated rings. The van der Waals surface area contributed by atoms with E-state index in [0.29, 0.717) is 0 Å². The number of H-pyrrole nitrogens is 1. The van der Waals surface area contributed by atoms with Crippen LogP contribution in [0, 0.1) is 0 Å². The first kappa shape index (κ1) is 20.2. The van der Waals surface area contributed by atoms with E-state index < -0.39 is 11.2 Å². The van der Waals surface area contributed by atoms with Gasteiger partial charge in [-0.2, -0.15) is 11.8 Å². The molecule has 2 heterocycles. The highest BCUT2D eigenvalue weighted by molar-refractivity contribution is 7.99. The van der Waals surface area contributed by atoms with Gasteiger partial charge in [0.25, 0.3) is 5.56 Å². The van der Waals surface area contributed by atoms with Crippen LogP contribution in [-0.2, 0) is 11.3 Å². The molecular formula is C19H25N5O3S. The molecule has 9 heteroatoms. The predicted molar refractivity (Wildman–Crippen MR) is 113 cm³/mol. The molecule has 2 aromatic rings. The number of carbonyl (C=O) groups excluding carboxylic acids is 1. The number of nitrogens with two attached hydrogens (primary N) is 1. The third kappa shape index (κ3) is 4.48. The summed E-state index contributed by atoms with van der Waals surface area (Å²) in [6.45, 7) is 4.20. The van der Waals surface area contributed by atoms with Gasteiger partial charge in [0.1, 0.15) is 5.82 Å². The van der Waals surface area contributed by atoms with E-state index in [0.717, 1.165) is 30.2 Å². The lowest BCUT2D eigenvalue weighted by Crippen LogP contribution is -2.46. The third-order valence-corrected chi connectivity index (χ3v) is 5.69. The van der Waals surface area contributed by atoms with E-state index in [-0.39, 0.29) is 37.0 Å². The van der Waals surface area contributed by atoms with Crippen LogP contribution in [0.25, 0.3) is 0 Å². The number of anilines is 2. The lowest BCUT2D eigenvalue weighted by molar-refractivity contribution is -0.119. The Balaban J connectivity index is 1.92. The Bertz CT molecular complexity index is 935. The second kappa shape index (κ2) is 9.11. The molecule has 8 nitrogen and oxygen atoms in total. The number of benzene rings is 1. The summed E-state index contributed by atoms with van der Waals surface area (Å²) in [5, 5.41) is 0. The molecule has 1 aliphatic heterocycles. The second-order valence-electron chi connectivity index (χ2n) is 6.59. The summed E-state index contributed by atoms with van der Waals surface area (Å²) in [6.07, 6.45) is 0. The molecular weight excluding hydrogens is 378 g/mol.